The molecule has 8 nitrogen and oxygen atoms in total. The van der Waals surface area contributed by atoms with Gasteiger partial charge in [0.25, 0.3) is 0 Å². The fraction of sp³-hybridized carbons (Fsp3) is 0.407. The van der Waals surface area contributed by atoms with Gasteiger partial charge in [0, 0.05) is 38.8 Å². The molecule has 2 aromatic carbocycles. The number of fused-ring (bicyclic) bond motifs is 1. The van der Waals surface area contributed by atoms with Crippen LogP contribution in [-0.2, 0) is 0 Å². The molecule has 9 heteroatoms. The van der Waals surface area contributed by atoms with Crippen molar-refractivity contribution in [3.05, 3.63) is 60.2 Å². The number of aromatic nitrogens is 2. The summed E-state index contributed by atoms with van der Waals surface area (Å²) in [5.41, 5.74) is 9.11. The van der Waals surface area contributed by atoms with Gasteiger partial charge in [-0.15, -0.1) is 0 Å². The van der Waals surface area contributed by atoms with Gasteiger partial charge < -0.3 is 25.0 Å². The van der Waals surface area contributed by atoms with Gasteiger partial charge in [0.05, 0.1) is 5.56 Å². The minimum absolute atomic E-state index is 0.273. The molecule has 0 bridgehead atoms. The van der Waals surface area contributed by atoms with Crippen molar-refractivity contribution >= 4 is 11.6 Å². The van der Waals surface area contributed by atoms with Gasteiger partial charge >= 0.3 is 0 Å². The van der Waals surface area contributed by atoms with Crippen molar-refractivity contribution in [3.8, 4) is 22.6 Å². The first-order valence-corrected chi connectivity index (χ1v) is 12.6. The quantitative estimate of drug-likeness (QED) is 0.564. The van der Waals surface area contributed by atoms with E-state index in [1.165, 1.54) is 30.4 Å². The van der Waals surface area contributed by atoms with Crippen LogP contribution in [-0.4, -0.2) is 78.8 Å². The number of nitrogens with two attached hydrogens (primary N) is 1. The molecule has 0 amide bonds. The second kappa shape index (κ2) is 9.91. The van der Waals surface area contributed by atoms with Gasteiger partial charge in [-0.3, -0.25) is 4.90 Å². The second-order valence-electron chi connectivity index (χ2n) is 9.56. The standard InChI is InChI=1S/C27H31FN6O2/c28-21-5-2-19(3-6-21)25-26(29)30-18-31-27(25)34-12-10-33(11-13-34)22(17-32-8-1-9-32)20-4-7-23-24(16-20)36-15-14-35-23/h2-7,16,18,22H,1,8-15,17H2,(H2,29,30,31)/t22-/m0/s1. The fourth-order valence-electron chi connectivity index (χ4n) is 5.28. The van der Waals surface area contributed by atoms with Crippen molar-refractivity contribution in [2.45, 2.75) is 12.5 Å². The Morgan fingerprint density at radius 2 is 1.64 bits per heavy atom. The molecule has 1 atom stereocenters. The molecule has 0 radical (unpaired) electrons. The topological polar surface area (TPSA) is 80.0 Å². The summed E-state index contributed by atoms with van der Waals surface area (Å²) >= 11 is 0. The maximum atomic E-state index is 13.5. The lowest BCUT2D eigenvalue weighted by Crippen LogP contribution is -2.51. The van der Waals surface area contributed by atoms with Crippen LogP contribution < -0.4 is 20.1 Å². The maximum absolute atomic E-state index is 13.5. The monoisotopic (exact) mass is 490 g/mol. The van der Waals surface area contributed by atoms with Gasteiger partial charge in [-0.05, 0) is 54.9 Å². The van der Waals surface area contributed by atoms with Gasteiger partial charge in [-0.1, -0.05) is 18.2 Å². The molecule has 2 saturated heterocycles. The number of benzene rings is 2. The molecule has 36 heavy (non-hydrogen) atoms. The zero-order chi connectivity index (χ0) is 24.5. The minimum atomic E-state index is -0.281. The fourth-order valence-corrected chi connectivity index (χ4v) is 5.28. The number of hydrogen-bond acceptors (Lipinski definition) is 8. The highest BCUT2D eigenvalue weighted by atomic mass is 19.1. The number of likely N-dealkylation sites (tertiary alicyclic amines) is 1. The summed E-state index contributed by atoms with van der Waals surface area (Å²) in [6.07, 6.45) is 2.77. The summed E-state index contributed by atoms with van der Waals surface area (Å²) in [6, 6.07) is 13.0. The molecule has 3 aliphatic rings. The SMILES string of the molecule is Nc1ncnc(N2CCN([C@@H](CN3CCC3)c3ccc4c(c3)OCCO4)CC2)c1-c1ccc(F)cc1. The van der Waals surface area contributed by atoms with E-state index in [0.717, 1.165) is 74.3 Å². The van der Waals surface area contributed by atoms with Crippen LogP contribution in [0.25, 0.3) is 11.1 Å². The van der Waals surface area contributed by atoms with Crippen molar-refractivity contribution in [1.29, 1.82) is 0 Å². The van der Waals surface area contributed by atoms with E-state index < -0.39 is 0 Å². The number of hydrogen-bond donors (Lipinski definition) is 1. The van der Waals surface area contributed by atoms with E-state index in [-0.39, 0.29) is 11.9 Å². The Kier molecular flexibility index (Phi) is 6.33. The number of halogens is 1. The van der Waals surface area contributed by atoms with Gasteiger partial charge in [-0.25, -0.2) is 14.4 Å². The van der Waals surface area contributed by atoms with Crippen LogP contribution in [0.15, 0.2) is 48.8 Å². The summed E-state index contributed by atoms with van der Waals surface area (Å²) in [7, 11) is 0. The van der Waals surface area contributed by atoms with Gasteiger partial charge in [-0.2, -0.15) is 0 Å². The Morgan fingerprint density at radius 1 is 0.889 bits per heavy atom. The predicted octanol–water partition coefficient (Wildman–Crippen LogP) is 3.21. The van der Waals surface area contributed by atoms with Gasteiger partial charge in [0.1, 0.15) is 37.0 Å². The number of anilines is 2. The third-order valence-corrected chi connectivity index (χ3v) is 7.37. The van der Waals surface area contributed by atoms with E-state index in [9.17, 15) is 4.39 Å². The van der Waals surface area contributed by atoms with Crippen LogP contribution >= 0.6 is 0 Å². The third-order valence-electron chi connectivity index (χ3n) is 7.37. The van der Waals surface area contributed by atoms with Crippen LogP contribution in [0, 0.1) is 5.82 Å². The molecule has 3 aromatic rings. The Hall–Kier alpha value is -3.43. The van der Waals surface area contributed by atoms with E-state index in [2.05, 4.69) is 36.8 Å². The molecule has 4 heterocycles. The smallest absolute Gasteiger partial charge is 0.161 e. The van der Waals surface area contributed by atoms with Crippen LogP contribution in [0.2, 0.25) is 0 Å². The zero-order valence-electron chi connectivity index (χ0n) is 20.3. The molecule has 0 spiro atoms. The van der Waals surface area contributed by atoms with Crippen molar-refractivity contribution in [2.75, 3.05) is 69.7 Å². The number of piperazine rings is 1. The number of rotatable bonds is 6. The van der Waals surface area contributed by atoms with E-state index in [1.54, 1.807) is 12.1 Å². The first-order valence-electron chi connectivity index (χ1n) is 12.6. The molecule has 0 aliphatic carbocycles. The average molecular weight is 491 g/mol. The van der Waals surface area contributed by atoms with Crippen LogP contribution in [0.3, 0.4) is 0 Å². The van der Waals surface area contributed by atoms with Crippen LogP contribution in [0.1, 0.15) is 18.0 Å². The Bertz CT molecular complexity index is 1210. The predicted molar refractivity (Wildman–Crippen MR) is 137 cm³/mol. The number of nitrogen functional groups attached to an aromatic ring is 1. The van der Waals surface area contributed by atoms with Crippen molar-refractivity contribution in [1.82, 2.24) is 19.8 Å². The van der Waals surface area contributed by atoms with Gasteiger partial charge in [0.15, 0.2) is 11.5 Å². The summed E-state index contributed by atoms with van der Waals surface area (Å²) in [5, 5.41) is 0. The lowest BCUT2D eigenvalue weighted by Gasteiger charge is -2.43. The highest BCUT2D eigenvalue weighted by Gasteiger charge is 2.31. The molecular weight excluding hydrogens is 459 g/mol. The van der Waals surface area contributed by atoms with Crippen LogP contribution in [0.5, 0.6) is 11.5 Å². The lowest BCUT2D eigenvalue weighted by atomic mass is 10.0. The Balaban J connectivity index is 1.23. The molecule has 0 saturated carbocycles. The molecule has 0 unspecified atom stereocenters. The highest BCUT2D eigenvalue weighted by Crippen LogP contribution is 2.37. The van der Waals surface area contributed by atoms with E-state index in [0.29, 0.717) is 19.0 Å². The van der Waals surface area contributed by atoms with Gasteiger partial charge in [0.2, 0.25) is 0 Å². The van der Waals surface area contributed by atoms with Crippen molar-refractivity contribution in [3.63, 3.8) is 0 Å². The summed E-state index contributed by atoms with van der Waals surface area (Å²) in [4.78, 5) is 16.1. The normalized spacial score (nSPS) is 19.1. The maximum Gasteiger partial charge on any atom is 0.161 e. The summed E-state index contributed by atoms with van der Waals surface area (Å²) < 4.78 is 25.2. The van der Waals surface area contributed by atoms with E-state index in [1.807, 2.05) is 6.07 Å². The van der Waals surface area contributed by atoms with Crippen LogP contribution in [0.4, 0.5) is 16.0 Å². The summed E-state index contributed by atoms with van der Waals surface area (Å²) in [6.45, 7) is 7.89. The first-order chi connectivity index (χ1) is 17.7. The zero-order valence-corrected chi connectivity index (χ0v) is 20.3. The first kappa shape index (κ1) is 23.0. The lowest BCUT2D eigenvalue weighted by molar-refractivity contribution is 0.0961. The second-order valence-corrected chi connectivity index (χ2v) is 9.56. The number of ether oxygens (including phenoxy) is 2. The molecule has 3 aliphatic heterocycles. The van der Waals surface area contributed by atoms with E-state index >= 15 is 0 Å². The molecule has 1 aromatic heterocycles. The van der Waals surface area contributed by atoms with Crippen molar-refractivity contribution in [2.24, 2.45) is 0 Å². The third kappa shape index (κ3) is 4.56. The largest absolute Gasteiger partial charge is 0.486 e. The molecule has 6 rings (SSSR count). The molecule has 2 fully saturated rings. The molecular formula is C27H31FN6O2. The average Bonchev–Trinajstić information content (AvgIpc) is 2.89. The Morgan fingerprint density at radius 3 is 2.36 bits per heavy atom. The summed E-state index contributed by atoms with van der Waals surface area (Å²) in [5.74, 6) is 2.59. The van der Waals surface area contributed by atoms with Crippen molar-refractivity contribution < 1.29 is 13.9 Å². The molecule has 2 N–H and O–H groups in total. The molecule has 188 valence electrons. The van der Waals surface area contributed by atoms with E-state index in [4.69, 9.17) is 15.2 Å². The minimum Gasteiger partial charge on any atom is -0.486 e. The Labute approximate surface area is 210 Å². The highest BCUT2D eigenvalue weighted by molar-refractivity contribution is 5.84. The number of nitrogens with zero attached hydrogens (tertiary/aromatic N) is 5.